The van der Waals surface area contributed by atoms with Gasteiger partial charge in [-0.1, -0.05) is 264 Å². The zero-order valence-electron chi connectivity index (χ0n) is 38.5. The summed E-state index contributed by atoms with van der Waals surface area (Å²) in [7, 11) is 0. The molecule has 2 nitrogen and oxygen atoms in total. The van der Waals surface area contributed by atoms with Gasteiger partial charge in [-0.25, -0.2) is 9.13 Å². The van der Waals surface area contributed by atoms with Crippen LogP contribution in [0.1, 0.15) is 303 Å². The van der Waals surface area contributed by atoms with Gasteiger partial charge in [0.1, 0.15) is 18.4 Å². The van der Waals surface area contributed by atoms with Crippen molar-refractivity contribution in [2.24, 2.45) is 0 Å². The van der Waals surface area contributed by atoms with Gasteiger partial charge in [0.2, 0.25) is 6.33 Å². The van der Waals surface area contributed by atoms with Crippen LogP contribution in [-0.4, -0.2) is 4.57 Å². The summed E-state index contributed by atoms with van der Waals surface area (Å²) in [6.45, 7) is 8.12. The Morgan fingerprint density at radius 2 is 0.691 bits per heavy atom. The van der Waals surface area contributed by atoms with Crippen LogP contribution < -0.4 is 4.57 Å². The molecule has 1 rings (SSSR count). The highest BCUT2D eigenvalue weighted by Crippen LogP contribution is 2.21. The largest absolute Gasteiger partial charge is 0.244 e. The van der Waals surface area contributed by atoms with Crippen LogP contribution >= 0.6 is 0 Å². The molecule has 1 aromatic rings. The molecule has 0 saturated carbocycles. The number of unbranched alkanes of at least 4 members (excludes halogenated alkanes) is 39. The van der Waals surface area contributed by atoms with E-state index in [1.807, 2.05) is 0 Å². The number of aromatic nitrogens is 2. The van der Waals surface area contributed by atoms with E-state index in [1.165, 1.54) is 283 Å². The summed E-state index contributed by atoms with van der Waals surface area (Å²) in [6.07, 6.45) is 73.7. The second-order valence-corrected chi connectivity index (χ2v) is 18.1. The first-order valence-electron chi connectivity index (χ1n) is 26.0. The summed E-state index contributed by atoms with van der Waals surface area (Å²) in [5.74, 6) is 0. The van der Waals surface area contributed by atoms with E-state index >= 15 is 0 Å². The van der Waals surface area contributed by atoms with Gasteiger partial charge in [-0.3, -0.25) is 0 Å². The van der Waals surface area contributed by atoms with Gasteiger partial charge in [-0.15, -0.1) is 0 Å². The van der Waals surface area contributed by atoms with Crippen molar-refractivity contribution in [1.29, 1.82) is 0 Å². The third-order valence-corrected chi connectivity index (χ3v) is 12.6. The molecule has 0 radical (unpaired) electrons. The number of hydrogen-bond donors (Lipinski definition) is 0. The summed E-state index contributed by atoms with van der Waals surface area (Å²) < 4.78 is 4.99. The molecule has 324 valence electrons. The summed E-state index contributed by atoms with van der Waals surface area (Å²) in [6, 6.07) is 0.525. The first-order chi connectivity index (χ1) is 27.3. The molecule has 0 amide bonds. The molecule has 0 spiro atoms. The standard InChI is InChI=1S/C53H103N2/c1-4-7-10-13-16-19-21-23-25-27-29-31-33-35-37-39-42-45-48-53(55-51-50-54(52-55)49-46-43-40-18-15-12-9-6-3)47-44-41-38-36-34-32-30-28-26-24-22-20-17-14-11-8-5-2/h44,47,50-53H,4-43,45-46,48-49H2,1-3H3/q+1/b47-44+. The average molecular weight is 768 g/mol. The molecule has 0 saturated heterocycles. The van der Waals surface area contributed by atoms with E-state index in [0.29, 0.717) is 6.04 Å². The summed E-state index contributed by atoms with van der Waals surface area (Å²) >= 11 is 0. The zero-order chi connectivity index (χ0) is 39.4. The van der Waals surface area contributed by atoms with Crippen molar-refractivity contribution in [1.82, 2.24) is 4.57 Å². The van der Waals surface area contributed by atoms with Crippen molar-refractivity contribution in [2.75, 3.05) is 0 Å². The quantitative estimate of drug-likeness (QED) is 0.0355. The lowest BCUT2D eigenvalue weighted by Gasteiger charge is -2.10. The topological polar surface area (TPSA) is 8.81 Å². The lowest BCUT2D eigenvalue weighted by molar-refractivity contribution is -0.697. The van der Waals surface area contributed by atoms with Crippen LogP contribution in [-0.2, 0) is 6.54 Å². The minimum atomic E-state index is 0.525. The molecule has 0 aromatic carbocycles. The van der Waals surface area contributed by atoms with Gasteiger partial charge in [0.25, 0.3) is 0 Å². The van der Waals surface area contributed by atoms with Crippen molar-refractivity contribution in [3.05, 3.63) is 30.9 Å². The van der Waals surface area contributed by atoms with Crippen molar-refractivity contribution < 1.29 is 4.57 Å². The second kappa shape index (κ2) is 44.1. The monoisotopic (exact) mass is 768 g/mol. The molecule has 0 fully saturated rings. The molecule has 0 bridgehead atoms. The van der Waals surface area contributed by atoms with Crippen LogP contribution in [0.3, 0.4) is 0 Å². The highest BCUT2D eigenvalue weighted by Gasteiger charge is 2.14. The first-order valence-corrected chi connectivity index (χ1v) is 26.0. The van der Waals surface area contributed by atoms with Crippen molar-refractivity contribution in [3.8, 4) is 0 Å². The van der Waals surface area contributed by atoms with Crippen LogP contribution in [0.5, 0.6) is 0 Å². The van der Waals surface area contributed by atoms with Gasteiger partial charge in [0.15, 0.2) is 0 Å². The molecule has 0 N–H and O–H groups in total. The summed E-state index contributed by atoms with van der Waals surface area (Å²) in [5, 5.41) is 0. The number of rotatable bonds is 46. The molecule has 2 heteroatoms. The smallest absolute Gasteiger partial charge is 0.237 e. The predicted molar refractivity (Wildman–Crippen MR) is 248 cm³/mol. The van der Waals surface area contributed by atoms with Crippen LogP contribution in [0.2, 0.25) is 0 Å². The maximum absolute atomic E-state index is 2.57. The molecular weight excluding hydrogens is 665 g/mol. The minimum Gasteiger partial charge on any atom is -0.237 e. The van der Waals surface area contributed by atoms with E-state index < -0.39 is 0 Å². The average Bonchev–Trinajstić information content (AvgIpc) is 3.67. The Labute approximate surface area is 348 Å². The fourth-order valence-electron chi connectivity index (χ4n) is 8.65. The molecular formula is C53H103N2+. The third-order valence-electron chi connectivity index (χ3n) is 12.6. The number of imidazole rings is 1. The predicted octanol–water partition coefficient (Wildman–Crippen LogP) is 18.7. The summed E-state index contributed by atoms with van der Waals surface area (Å²) in [4.78, 5) is 0. The van der Waals surface area contributed by atoms with E-state index in [-0.39, 0.29) is 0 Å². The van der Waals surface area contributed by atoms with Gasteiger partial charge in [-0.05, 0) is 44.6 Å². The number of hydrogen-bond acceptors (Lipinski definition) is 0. The molecule has 0 aliphatic rings. The van der Waals surface area contributed by atoms with Crippen LogP contribution in [0.25, 0.3) is 0 Å². The molecule has 55 heavy (non-hydrogen) atoms. The lowest BCUT2D eigenvalue weighted by Crippen LogP contribution is -2.31. The van der Waals surface area contributed by atoms with Crippen molar-refractivity contribution in [3.63, 3.8) is 0 Å². The Hall–Kier alpha value is -1.05. The lowest BCUT2D eigenvalue weighted by atomic mass is 10.0. The van der Waals surface area contributed by atoms with Gasteiger partial charge in [0, 0.05) is 0 Å². The SMILES string of the molecule is CCCCCCCCCCCCCCCCC/C=C/C(CCCCCCCCCCCCCCCCCCCC)n1cc[n+](CCCCCCCCCC)c1. The summed E-state index contributed by atoms with van der Waals surface area (Å²) in [5.41, 5.74) is 0. The highest BCUT2D eigenvalue weighted by molar-refractivity contribution is 4.94. The Kier molecular flexibility index (Phi) is 41.6. The third kappa shape index (κ3) is 37.0. The Bertz CT molecular complexity index is 870. The van der Waals surface area contributed by atoms with E-state index in [9.17, 15) is 0 Å². The molecule has 1 unspecified atom stereocenters. The minimum absolute atomic E-state index is 0.525. The van der Waals surface area contributed by atoms with Crippen LogP contribution in [0.4, 0.5) is 0 Å². The molecule has 0 aliphatic carbocycles. The van der Waals surface area contributed by atoms with E-state index in [4.69, 9.17) is 0 Å². The van der Waals surface area contributed by atoms with E-state index in [2.05, 4.69) is 60.8 Å². The number of aryl methyl sites for hydroxylation is 1. The van der Waals surface area contributed by atoms with Gasteiger partial charge in [0.05, 0.1) is 6.54 Å². The van der Waals surface area contributed by atoms with Crippen LogP contribution in [0.15, 0.2) is 30.9 Å². The van der Waals surface area contributed by atoms with Crippen molar-refractivity contribution >= 4 is 0 Å². The zero-order valence-corrected chi connectivity index (χ0v) is 38.5. The normalized spacial score (nSPS) is 12.4. The van der Waals surface area contributed by atoms with E-state index in [0.717, 1.165) is 0 Å². The molecule has 1 aromatic heterocycles. The molecule has 0 aliphatic heterocycles. The second-order valence-electron chi connectivity index (χ2n) is 18.1. The van der Waals surface area contributed by atoms with Gasteiger partial charge < -0.3 is 0 Å². The Morgan fingerprint density at radius 1 is 0.382 bits per heavy atom. The Morgan fingerprint density at radius 3 is 1.05 bits per heavy atom. The van der Waals surface area contributed by atoms with Crippen LogP contribution in [0, 0.1) is 0 Å². The Balaban J connectivity index is 2.23. The van der Waals surface area contributed by atoms with Gasteiger partial charge in [-0.2, -0.15) is 0 Å². The van der Waals surface area contributed by atoms with Crippen molar-refractivity contribution in [2.45, 2.75) is 309 Å². The van der Waals surface area contributed by atoms with Gasteiger partial charge >= 0.3 is 0 Å². The fraction of sp³-hybridized carbons (Fsp3) is 0.906. The fourth-order valence-corrected chi connectivity index (χ4v) is 8.65. The number of allylic oxidation sites excluding steroid dienone is 2. The molecule has 1 heterocycles. The number of nitrogens with zero attached hydrogens (tertiary/aromatic N) is 2. The maximum atomic E-state index is 2.57. The highest BCUT2D eigenvalue weighted by atomic mass is 15.1. The molecule has 1 atom stereocenters. The first kappa shape index (κ1) is 52.0. The van der Waals surface area contributed by atoms with E-state index in [1.54, 1.807) is 0 Å². The maximum Gasteiger partial charge on any atom is 0.244 e.